The van der Waals surface area contributed by atoms with Crippen LogP contribution in [0.4, 0.5) is 5.82 Å². The number of aromatic amines is 1. The number of hydrogen-bond donors (Lipinski definition) is 1. The van der Waals surface area contributed by atoms with E-state index in [2.05, 4.69) is 59.0 Å². The molecular weight excluding hydrogens is 392 g/mol. The van der Waals surface area contributed by atoms with Gasteiger partial charge in [0.1, 0.15) is 16.5 Å². The number of fused-ring (bicyclic) bond motifs is 1. The molecule has 0 unspecified atom stereocenters. The standard InChI is InChI=1S/C23H26N6S/c1-15(2)28-10-12-29(13-11-28)20-9-8-17(14-24-20)21-16(3)30-23(25-21)22-18-6-4-5-7-19(18)26-27-22/h4-9,14-15H,10-13H2,1-3H3,(H,26,27). The summed E-state index contributed by atoms with van der Waals surface area (Å²) in [4.78, 5) is 15.8. The maximum atomic E-state index is 4.92. The van der Waals surface area contributed by atoms with Crippen molar-refractivity contribution in [2.24, 2.45) is 0 Å². The van der Waals surface area contributed by atoms with Crippen molar-refractivity contribution in [3.8, 4) is 22.0 Å². The molecule has 154 valence electrons. The predicted octanol–water partition coefficient (Wildman–Crippen LogP) is 4.59. The number of nitrogens with one attached hydrogen (secondary N) is 1. The smallest absolute Gasteiger partial charge is 0.145 e. The summed E-state index contributed by atoms with van der Waals surface area (Å²) >= 11 is 1.68. The van der Waals surface area contributed by atoms with Crippen LogP contribution in [0.5, 0.6) is 0 Å². The molecule has 1 aliphatic rings. The molecule has 30 heavy (non-hydrogen) atoms. The van der Waals surface area contributed by atoms with Gasteiger partial charge < -0.3 is 4.90 Å². The van der Waals surface area contributed by atoms with Crippen molar-refractivity contribution in [1.82, 2.24) is 25.1 Å². The molecule has 4 heterocycles. The number of piperazine rings is 1. The highest BCUT2D eigenvalue weighted by atomic mass is 32.1. The van der Waals surface area contributed by atoms with Crippen molar-refractivity contribution in [1.29, 1.82) is 0 Å². The third kappa shape index (κ3) is 3.48. The molecule has 1 saturated heterocycles. The lowest BCUT2D eigenvalue weighted by Crippen LogP contribution is -2.49. The minimum atomic E-state index is 0.607. The minimum Gasteiger partial charge on any atom is -0.354 e. The summed E-state index contributed by atoms with van der Waals surface area (Å²) < 4.78 is 0. The first-order valence-corrected chi connectivity index (χ1v) is 11.3. The van der Waals surface area contributed by atoms with Crippen molar-refractivity contribution >= 4 is 28.1 Å². The Morgan fingerprint density at radius 3 is 2.53 bits per heavy atom. The Labute approximate surface area is 180 Å². The molecule has 1 fully saturated rings. The summed E-state index contributed by atoms with van der Waals surface area (Å²) in [5, 5.41) is 9.65. The van der Waals surface area contributed by atoms with E-state index in [1.807, 2.05) is 24.4 Å². The summed E-state index contributed by atoms with van der Waals surface area (Å²) in [7, 11) is 0. The molecule has 3 aromatic heterocycles. The van der Waals surface area contributed by atoms with E-state index in [1.165, 1.54) is 4.88 Å². The topological polar surface area (TPSA) is 60.9 Å². The molecule has 0 saturated carbocycles. The number of hydrogen-bond acceptors (Lipinski definition) is 6. The van der Waals surface area contributed by atoms with Crippen LogP contribution < -0.4 is 4.90 Å². The summed E-state index contributed by atoms with van der Waals surface area (Å²) in [6.07, 6.45) is 1.96. The van der Waals surface area contributed by atoms with E-state index in [0.717, 1.165) is 64.9 Å². The maximum absolute atomic E-state index is 4.92. The second-order valence-electron chi connectivity index (χ2n) is 8.06. The minimum absolute atomic E-state index is 0.607. The van der Waals surface area contributed by atoms with Gasteiger partial charge >= 0.3 is 0 Å². The Balaban J connectivity index is 1.38. The molecule has 0 aliphatic carbocycles. The van der Waals surface area contributed by atoms with Crippen LogP contribution in [-0.2, 0) is 0 Å². The summed E-state index contributed by atoms with van der Waals surface area (Å²) in [5.41, 5.74) is 3.99. The molecule has 7 heteroatoms. The van der Waals surface area contributed by atoms with Crippen LogP contribution >= 0.6 is 11.3 Å². The van der Waals surface area contributed by atoms with E-state index in [1.54, 1.807) is 11.3 Å². The van der Waals surface area contributed by atoms with Gasteiger partial charge in [0.25, 0.3) is 0 Å². The Kier molecular flexibility index (Phi) is 5.00. The number of thiazole rings is 1. The third-order valence-corrected chi connectivity index (χ3v) is 6.84. The van der Waals surface area contributed by atoms with Crippen molar-refractivity contribution in [3.63, 3.8) is 0 Å². The SMILES string of the molecule is Cc1sc(-c2n[nH]c3ccccc23)nc1-c1ccc(N2CCN(C(C)C)CC2)nc1. The lowest BCUT2D eigenvalue weighted by atomic mass is 10.2. The van der Waals surface area contributed by atoms with Gasteiger partial charge in [-0.05, 0) is 39.0 Å². The molecule has 0 bridgehead atoms. The Bertz CT molecular complexity index is 1150. The number of aryl methyl sites for hydroxylation is 1. The molecule has 1 aliphatic heterocycles. The van der Waals surface area contributed by atoms with Crippen LogP contribution in [0.25, 0.3) is 32.9 Å². The Morgan fingerprint density at radius 2 is 1.80 bits per heavy atom. The Hall–Kier alpha value is -2.77. The average Bonchev–Trinajstić information content (AvgIpc) is 3.37. The van der Waals surface area contributed by atoms with Crippen molar-refractivity contribution in [2.45, 2.75) is 26.8 Å². The van der Waals surface area contributed by atoms with Crippen molar-refractivity contribution < 1.29 is 0 Å². The molecule has 5 rings (SSSR count). The molecular formula is C23H26N6S. The average molecular weight is 419 g/mol. The molecule has 1 aromatic carbocycles. The van der Waals surface area contributed by atoms with Crippen molar-refractivity contribution in [3.05, 3.63) is 47.5 Å². The second-order valence-corrected chi connectivity index (χ2v) is 9.27. The fraction of sp³-hybridized carbons (Fsp3) is 0.348. The predicted molar refractivity (Wildman–Crippen MR) is 124 cm³/mol. The number of para-hydroxylation sites is 1. The second kappa shape index (κ2) is 7.81. The van der Waals surface area contributed by atoms with Crippen LogP contribution in [0, 0.1) is 6.92 Å². The highest BCUT2D eigenvalue weighted by Crippen LogP contribution is 2.35. The van der Waals surface area contributed by atoms with E-state index in [4.69, 9.17) is 9.97 Å². The number of pyridine rings is 1. The number of rotatable bonds is 4. The van der Waals surface area contributed by atoms with E-state index < -0.39 is 0 Å². The highest BCUT2D eigenvalue weighted by Gasteiger charge is 2.20. The summed E-state index contributed by atoms with van der Waals surface area (Å²) in [6, 6.07) is 13.0. The molecule has 0 amide bonds. The number of benzene rings is 1. The van der Waals surface area contributed by atoms with Gasteiger partial charge in [0, 0.05) is 54.2 Å². The fourth-order valence-corrected chi connectivity index (χ4v) is 5.01. The van der Waals surface area contributed by atoms with Gasteiger partial charge in [-0.2, -0.15) is 5.10 Å². The van der Waals surface area contributed by atoms with Crippen LogP contribution in [0.2, 0.25) is 0 Å². The normalized spacial score (nSPS) is 15.4. The summed E-state index contributed by atoms with van der Waals surface area (Å²) in [6.45, 7) is 10.9. The lowest BCUT2D eigenvalue weighted by molar-refractivity contribution is 0.209. The van der Waals surface area contributed by atoms with Crippen LogP contribution in [0.15, 0.2) is 42.6 Å². The monoisotopic (exact) mass is 418 g/mol. The molecule has 4 aromatic rings. The molecule has 6 nitrogen and oxygen atoms in total. The molecule has 1 N–H and O–H groups in total. The zero-order chi connectivity index (χ0) is 20.7. The van der Waals surface area contributed by atoms with Gasteiger partial charge in [0.15, 0.2) is 0 Å². The van der Waals surface area contributed by atoms with Crippen LogP contribution in [0.3, 0.4) is 0 Å². The summed E-state index contributed by atoms with van der Waals surface area (Å²) in [5.74, 6) is 1.05. The third-order valence-electron chi connectivity index (χ3n) is 5.86. The van der Waals surface area contributed by atoms with Gasteiger partial charge in [-0.15, -0.1) is 11.3 Å². The van der Waals surface area contributed by atoms with Crippen molar-refractivity contribution in [2.75, 3.05) is 31.1 Å². The molecule has 0 atom stereocenters. The largest absolute Gasteiger partial charge is 0.354 e. The van der Waals surface area contributed by atoms with Crippen LogP contribution in [0.1, 0.15) is 18.7 Å². The number of H-pyrrole nitrogens is 1. The first-order chi connectivity index (χ1) is 14.6. The zero-order valence-corrected chi connectivity index (χ0v) is 18.4. The van der Waals surface area contributed by atoms with Gasteiger partial charge in [0.2, 0.25) is 0 Å². The van der Waals surface area contributed by atoms with Gasteiger partial charge in [-0.1, -0.05) is 18.2 Å². The van der Waals surface area contributed by atoms with Gasteiger partial charge in [-0.3, -0.25) is 10.00 Å². The fourth-order valence-electron chi connectivity index (χ4n) is 4.07. The Morgan fingerprint density at radius 1 is 1.00 bits per heavy atom. The first kappa shape index (κ1) is 19.2. The molecule has 0 radical (unpaired) electrons. The first-order valence-electron chi connectivity index (χ1n) is 10.5. The van der Waals surface area contributed by atoms with E-state index in [-0.39, 0.29) is 0 Å². The van der Waals surface area contributed by atoms with Gasteiger partial charge in [-0.25, -0.2) is 9.97 Å². The number of nitrogens with zero attached hydrogens (tertiary/aromatic N) is 5. The zero-order valence-electron chi connectivity index (χ0n) is 17.6. The number of anilines is 1. The molecule has 0 spiro atoms. The van der Waals surface area contributed by atoms with E-state index in [9.17, 15) is 0 Å². The lowest BCUT2D eigenvalue weighted by Gasteiger charge is -2.37. The maximum Gasteiger partial charge on any atom is 0.145 e. The van der Waals surface area contributed by atoms with E-state index >= 15 is 0 Å². The van der Waals surface area contributed by atoms with Gasteiger partial charge in [0.05, 0.1) is 11.2 Å². The highest BCUT2D eigenvalue weighted by molar-refractivity contribution is 7.15. The number of aromatic nitrogens is 4. The van der Waals surface area contributed by atoms with E-state index in [0.29, 0.717) is 6.04 Å². The quantitative estimate of drug-likeness (QED) is 0.525. The van der Waals surface area contributed by atoms with Crippen LogP contribution in [-0.4, -0.2) is 57.3 Å².